The fraction of sp³-hybridized carbons (Fsp3) is 0.200. The van der Waals surface area contributed by atoms with Crippen LogP contribution in [0, 0.1) is 0 Å². The topological polar surface area (TPSA) is 82.3 Å². The Kier molecular flexibility index (Phi) is 5.30. The third kappa shape index (κ3) is 3.72. The smallest absolute Gasteiger partial charge is 0.271 e. The van der Waals surface area contributed by atoms with Crippen molar-refractivity contribution in [3.8, 4) is 17.2 Å². The van der Waals surface area contributed by atoms with Crippen LogP contribution in [-0.4, -0.2) is 32.9 Å². The van der Waals surface area contributed by atoms with Crippen LogP contribution in [0.4, 0.5) is 0 Å². The average molecular weight is 368 g/mol. The highest BCUT2D eigenvalue weighted by Crippen LogP contribution is 2.29. The molecule has 1 heterocycles. The highest BCUT2D eigenvalue weighted by Gasteiger charge is 2.13. The minimum atomic E-state index is -0.371. The molecule has 27 heavy (non-hydrogen) atoms. The van der Waals surface area contributed by atoms with E-state index in [0.29, 0.717) is 39.9 Å². The van der Waals surface area contributed by atoms with Crippen LogP contribution in [0.1, 0.15) is 23.0 Å². The predicted octanol–water partition coefficient (Wildman–Crippen LogP) is 3.61. The van der Waals surface area contributed by atoms with Gasteiger partial charge < -0.3 is 18.6 Å². The highest BCUT2D eigenvalue weighted by atomic mass is 16.5. The minimum absolute atomic E-state index is 0.371. The van der Waals surface area contributed by atoms with Crippen LogP contribution in [0.25, 0.3) is 11.0 Å². The maximum absolute atomic E-state index is 12.4. The van der Waals surface area contributed by atoms with Crippen molar-refractivity contribution < 1.29 is 23.4 Å². The quantitative estimate of drug-likeness (QED) is 0.531. The second kappa shape index (κ2) is 7.82. The van der Waals surface area contributed by atoms with Gasteiger partial charge in [-0.15, -0.1) is 0 Å². The molecule has 0 saturated heterocycles. The third-order valence-corrected chi connectivity index (χ3v) is 4.06. The number of amides is 1. The lowest BCUT2D eigenvalue weighted by Crippen LogP contribution is -2.19. The minimum Gasteiger partial charge on any atom is -0.493 e. The van der Waals surface area contributed by atoms with E-state index in [1.54, 1.807) is 32.2 Å². The van der Waals surface area contributed by atoms with Crippen molar-refractivity contribution in [2.45, 2.75) is 6.92 Å². The molecule has 2 aromatic carbocycles. The number of fused-ring (bicyclic) bond motifs is 1. The summed E-state index contributed by atoms with van der Waals surface area (Å²) in [5.41, 5.74) is 4.08. The first-order valence-electron chi connectivity index (χ1n) is 8.21. The third-order valence-electron chi connectivity index (χ3n) is 4.06. The van der Waals surface area contributed by atoms with Crippen molar-refractivity contribution in [3.63, 3.8) is 0 Å². The van der Waals surface area contributed by atoms with E-state index < -0.39 is 0 Å². The Bertz CT molecular complexity index is 1010. The molecule has 0 atom stereocenters. The van der Waals surface area contributed by atoms with Gasteiger partial charge in [-0.2, -0.15) is 5.10 Å². The van der Waals surface area contributed by atoms with Gasteiger partial charge in [0.1, 0.15) is 5.71 Å². The Hall–Kier alpha value is -3.48. The lowest BCUT2D eigenvalue weighted by Gasteiger charge is -2.08. The summed E-state index contributed by atoms with van der Waals surface area (Å²) in [6.07, 6.45) is 0. The Balaban J connectivity index is 1.80. The van der Waals surface area contributed by atoms with Crippen LogP contribution in [0.2, 0.25) is 0 Å². The zero-order valence-electron chi connectivity index (χ0n) is 15.5. The zero-order valence-corrected chi connectivity index (χ0v) is 15.5. The van der Waals surface area contributed by atoms with Crippen LogP contribution in [-0.2, 0) is 0 Å². The Morgan fingerprint density at radius 3 is 2.41 bits per heavy atom. The first-order valence-corrected chi connectivity index (χ1v) is 8.21. The number of para-hydroxylation sites is 1. The van der Waals surface area contributed by atoms with E-state index in [-0.39, 0.29) is 5.91 Å². The Morgan fingerprint density at radius 1 is 0.963 bits per heavy atom. The van der Waals surface area contributed by atoms with Gasteiger partial charge in [0.25, 0.3) is 5.91 Å². The summed E-state index contributed by atoms with van der Waals surface area (Å²) in [6, 6.07) is 12.3. The molecule has 1 amide bonds. The summed E-state index contributed by atoms with van der Waals surface area (Å²) in [7, 11) is 4.63. The molecule has 0 fully saturated rings. The number of ether oxygens (including phenoxy) is 3. The summed E-state index contributed by atoms with van der Waals surface area (Å²) in [5, 5.41) is 5.02. The van der Waals surface area contributed by atoms with E-state index in [4.69, 9.17) is 18.6 Å². The zero-order chi connectivity index (χ0) is 19.4. The van der Waals surface area contributed by atoms with Crippen molar-refractivity contribution in [3.05, 3.63) is 53.8 Å². The van der Waals surface area contributed by atoms with Crippen molar-refractivity contribution in [2.24, 2.45) is 5.10 Å². The standard InChI is InChI=1S/C20H20N2O5/c1-12(17-10-13-6-5-7-16(25-3)19(13)27-17)21-22-20(23)14-8-9-15(24-2)18(11-14)26-4/h5-11H,1-4H3,(H,22,23)/b21-12-. The van der Waals surface area contributed by atoms with E-state index in [2.05, 4.69) is 10.5 Å². The maximum atomic E-state index is 12.4. The number of hydrazone groups is 1. The molecular weight excluding hydrogens is 348 g/mol. The van der Waals surface area contributed by atoms with E-state index >= 15 is 0 Å². The molecule has 140 valence electrons. The SMILES string of the molecule is COc1ccc(C(=O)N/N=C(/C)c2cc3cccc(OC)c3o2)cc1OC. The van der Waals surface area contributed by atoms with Gasteiger partial charge in [-0.25, -0.2) is 5.43 Å². The lowest BCUT2D eigenvalue weighted by molar-refractivity contribution is 0.0954. The Morgan fingerprint density at radius 2 is 1.70 bits per heavy atom. The van der Waals surface area contributed by atoms with E-state index in [1.165, 1.54) is 14.2 Å². The van der Waals surface area contributed by atoms with Gasteiger partial charge in [-0.3, -0.25) is 4.79 Å². The molecule has 0 aliphatic carbocycles. The van der Waals surface area contributed by atoms with Crippen LogP contribution >= 0.6 is 0 Å². The Labute approximate surface area is 156 Å². The number of nitrogens with zero attached hydrogens (tertiary/aromatic N) is 1. The van der Waals surface area contributed by atoms with E-state index in [9.17, 15) is 4.79 Å². The molecule has 7 nitrogen and oxygen atoms in total. The van der Waals surface area contributed by atoms with Crippen LogP contribution in [0.5, 0.6) is 17.2 Å². The summed E-state index contributed by atoms with van der Waals surface area (Å²) < 4.78 is 21.5. The van der Waals surface area contributed by atoms with Gasteiger partial charge in [0.15, 0.2) is 28.6 Å². The fourth-order valence-electron chi connectivity index (χ4n) is 2.61. The number of furan rings is 1. The predicted molar refractivity (Wildman–Crippen MR) is 102 cm³/mol. The number of hydrogen-bond acceptors (Lipinski definition) is 6. The molecule has 7 heteroatoms. The second-order valence-electron chi connectivity index (χ2n) is 5.70. The summed E-state index contributed by atoms with van der Waals surface area (Å²) >= 11 is 0. The molecule has 0 saturated carbocycles. The summed E-state index contributed by atoms with van der Waals surface area (Å²) in [4.78, 5) is 12.4. The van der Waals surface area contributed by atoms with Gasteiger partial charge in [0.05, 0.1) is 21.3 Å². The van der Waals surface area contributed by atoms with E-state index in [0.717, 1.165) is 5.39 Å². The summed E-state index contributed by atoms with van der Waals surface area (Å²) in [5.74, 6) is 1.83. The largest absolute Gasteiger partial charge is 0.493 e. The average Bonchev–Trinajstić information content (AvgIpc) is 3.15. The number of carbonyl (C=O) groups is 1. The molecule has 3 aromatic rings. The fourth-order valence-corrected chi connectivity index (χ4v) is 2.61. The van der Waals surface area contributed by atoms with Crippen molar-refractivity contribution in [1.82, 2.24) is 5.43 Å². The first-order chi connectivity index (χ1) is 13.1. The number of methoxy groups -OCH3 is 3. The number of hydrogen-bond donors (Lipinski definition) is 1. The summed E-state index contributed by atoms with van der Waals surface area (Å²) in [6.45, 7) is 1.75. The van der Waals surface area contributed by atoms with Gasteiger partial charge in [-0.1, -0.05) is 12.1 Å². The van der Waals surface area contributed by atoms with Crippen molar-refractivity contribution >= 4 is 22.6 Å². The molecule has 0 bridgehead atoms. The molecule has 1 N–H and O–H groups in total. The molecule has 0 aliphatic heterocycles. The van der Waals surface area contributed by atoms with Gasteiger partial charge in [0, 0.05) is 10.9 Å². The van der Waals surface area contributed by atoms with Crippen LogP contribution in [0.15, 0.2) is 52.0 Å². The van der Waals surface area contributed by atoms with Crippen LogP contribution < -0.4 is 19.6 Å². The van der Waals surface area contributed by atoms with Crippen molar-refractivity contribution in [1.29, 1.82) is 0 Å². The van der Waals surface area contributed by atoms with Gasteiger partial charge >= 0.3 is 0 Å². The lowest BCUT2D eigenvalue weighted by atomic mass is 10.2. The molecule has 1 aromatic heterocycles. The molecular formula is C20H20N2O5. The number of carbonyl (C=O) groups excluding carboxylic acids is 1. The number of rotatable bonds is 6. The second-order valence-corrected chi connectivity index (χ2v) is 5.70. The number of benzene rings is 2. The highest BCUT2D eigenvalue weighted by molar-refractivity contribution is 6.02. The molecule has 3 rings (SSSR count). The van der Waals surface area contributed by atoms with E-state index in [1.807, 2.05) is 24.3 Å². The normalized spacial score (nSPS) is 11.3. The van der Waals surface area contributed by atoms with Crippen LogP contribution in [0.3, 0.4) is 0 Å². The molecule has 0 aliphatic rings. The molecule has 0 spiro atoms. The maximum Gasteiger partial charge on any atom is 0.271 e. The van der Waals surface area contributed by atoms with Gasteiger partial charge in [0.2, 0.25) is 0 Å². The number of nitrogens with one attached hydrogen (secondary N) is 1. The molecule has 0 unspecified atom stereocenters. The van der Waals surface area contributed by atoms with Crippen molar-refractivity contribution in [2.75, 3.05) is 21.3 Å². The first kappa shape index (κ1) is 18.3. The monoisotopic (exact) mass is 368 g/mol. The van der Waals surface area contributed by atoms with Gasteiger partial charge in [-0.05, 0) is 37.3 Å². The molecule has 0 radical (unpaired) electrons.